The van der Waals surface area contributed by atoms with Crippen LogP contribution in [-0.4, -0.2) is 4.98 Å². The Morgan fingerprint density at radius 2 is 1.59 bits per heavy atom. The van der Waals surface area contributed by atoms with Crippen molar-refractivity contribution in [2.45, 2.75) is 0 Å². The molecule has 0 aliphatic heterocycles. The summed E-state index contributed by atoms with van der Waals surface area (Å²) in [5, 5.41) is 0.925. The molecule has 0 N–H and O–H groups in total. The van der Waals surface area contributed by atoms with Gasteiger partial charge in [0.15, 0.2) is 0 Å². The Hall–Kier alpha value is -0.540. The number of aromatic nitrogens is 1. The van der Waals surface area contributed by atoms with Gasteiger partial charge >= 0.3 is 0 Å². The molecule has 1 nitrogen and oxygen atoms in total. The van der Waals surface area contributed by atoms with Gasteiger partial charge in [0.1, 0.15) is 0 Å². The van der Waals surface area contributed by atoms with Crippen molar-refractivity contribution >= 4 is 46.4 Å². The average Bonchev–Trinajstić information content (AvgIpc) is 2.29. The third-order valence-corrected chi connectivity index (χ3v) is 3.51. The van der Waals surface area contributed by atoms with Crippen LogP contribution in [0.3, 0.4) is 0 Å². The second-order valence-electron chi connectivity index (χ2n) is 3.21. The van der Waals surface area contributed by atoms with Crippen LogP contribution in [0, 0.1) is 5.95 Å². The minimum Gasteiger partial charge on any atom is -0.226 e. The lowest BCUT2D eigenvalue weighted by Crippen LogP contribution is -1.88. The first-order valence-electron chi connectivity index (χ1n) is 4.45. The highest BCUT2D eigenvalue weighted by Crippen LogP contribution is 2.39. The second-order valence-corrected chi connectivity index (χ2v) is 4.81. The van der Waals surface area contributed by atoms with E-state index in [0.29, 0.717) is 21.2 Å². The predicted molar refractivity (Wildman–Crippen MR) is 69.7 cm³/mol. The van der Waals surface area contributed by atoms with Gasteiger partial charge < -0.3 is 0 Å². The van der Waals surface area contributed by atoms with E-state index >= 15 is 0 Å². The lowest BCUT2D eigenvalue weighted by atomic mass is 10.1. The molecular formula is C11H4Cl4FN. The molecule has 0 bridgehead atoms. The molecule has 0 aliphatic carbocycles. The summed E-state index contributed by atoms with van der Waals surface area (Å²) < 4.78 is 13.0. The number of pyridine rings is 1. The molecule has 88 valence electrons. The fraction of sp³-hybridized carbons (Fsp3) is 0. The highest BCUT2D eigenvalue weighted by atomic mass is 35.5. The molecule has 0 radical (unpaired) electrons. The van der Waals surface area contributed by atoms with E-state index in [0.717, 1.165) is 0 Å². The zero-order valence-electron chi connectivity index (χ0n) is 8.15. The number of halogens is 5. The number of benzene rings is 1. The molecule has 1 aromatic carbocycles. The number of nitrogens with zero attached hydrogens (tertiary/aromatic N) is 1. The summed E-state index contributed by atoms with van der Waals surface area (Å²) in [7, 11) is 0. The van der Waals surface area contributed by atoms with E-state index in [1.54, 1.807) is 12.1 Å². The normalized spacial score (nSPS) is 10.6. The second kappa shape index (κ2) is 4.99. The smallest absolute Gasteiger partial charge is 0.226 e. The molecule has 17 heavy (non-hydrogen) atoms. The highest BCUT2D eigenvalue weighted by Gasteiger charge is 2.13. The van der Waals surface area contributed by atoms with Crippen LogP contribution < -0.4 is 0 Å². The Morgan fingerprint density at radius 3 is 2.24 bits per heavy atom. The minimum absolute atomic E-state index is 0.102. The molecule has 2 rings (SSSR count). The molecule has 0 atom stereocenters. The van der Waals surface area contributed by atoms with Crippen LogP contribution in [-0.2, 0) is 0 Å². The van der Waals surface area contributed by atoms with Gasteiger partial charge in [0, 0.05) is 17.3 Å². The first kappa shape index (κ1) is 12.9. The Bertz CT molecular complexity index is 586. The summed E-state index contributed by atoms with van der Waals surface area (Å²) >= 11 is 23.6. The van der Waals surface area contributed by atoms with Crippen LogP contribution in [0.15, 0.2) is 24.4 Å². The lowest BCUT2D eigenvalue weighted by molar-refractivity contribution is 0.584. The first-order chi connectivity index (χ1) is 8.00. The summed E-state index contributed by atoms with van der Waals surface area (Å²) in [6.07, 6.45) is 1.30. The molecule has 2 aromatic rings. The molecule has 0 aliphatic rings. The van der Waals surface area contributed by atoms with E-state index in [2.05, 4.69) is 4.98 Å². The standard InChI is InChI=1S/C11H4Cl4FN/c12-6-1-2-7(13)10(15)9(6)5-3-8(14)11(16)17-4-5/h1-4H. The van der Waals surface area contributed by atoms with Gasteiger partial charge in [0.25, 0.3) is 0 Å². The van der Waals surface area contributed by atoms with Crippen molar-refractivity contribution in [2.75, 3.05) is 0 Å². The van der Waals surface area contributed by atoms with Gasteiger partial charge in [-0.05, 0) is 18.2 Å². The van der Waals surface area contributed by atoms with Crippen molar-refractivity contribution < 1.29 is 4.39 Å². The summed E-state index contributed by atoms with van der Waals surface area (Å²) in [5.41, 5.74) is 0.990. The third kappa shape index (κ3) is 2.50. The summed E-state index contributed by atoms with van der Waals surface area (Å²) in [5.74, 6) is -0.746. The summed E-state index contributed by atoms with van der Waals surface area (Å²) in [4.78, 5) is 3.51. The number of hydrogen-bond acceptors (Lipinski definition) is 1. The molecule has 6 heteroatoms. The van der Waals surface area contributed by atoms with Crippen LogP contribution in [0.4, 0.5) is 4.39 Å². The van der Waals surface area contributed by atoms with Gasteiger partial charge in [-0.2, -0.15) is 4.39 Å². The van der Waals surface area contributed by atoms with Crippen molar-refractivity contribution in [1.82, 2.24) is 4.98 Å². The molecule has 0 fully saturated rings. The maximum atomic E-state index is 13.0. The van der Waals surface area contributed by atoms with Crippen molar-refractivity contribution in [2.24, 2.45) is 0 Å². The van der Waals surface area contributed by atoms with Gasteiger partial charge in [0.05, 0.1) is 20.1 Å². The largest absolute Gasteiger partial charge is 0.231 e. The fourth-order valence-electron chi connectivity index (χ4n) is 1.35. The Kier molecular flexibility index (Phi) is 3.79. The Balaban J connectivity index is 2.68. The topological polar surface area (TPSA) is 12.9 Å². The van der Waals surface area contributed by atoms with E-state index in [4.69, 9.17) is 46.4 Å². The molecule has 0 saturated heterocycles. The van der Waals surface area contributed by atoms with Crippen molar-refractivity contribution in [3.63, 3.8) is 0 Å². The molecule has 0 unspecified atom stereocenters. The number of rotatable bonds is 1. The van der Waals surface area contributed by atoms with E-state index < -0.39 is 5.95 Å². The van der Waals surface area contributed by atoms with Gasteiger partial charge in [-0.15, -0.1) is 0 Å². The predicted octanol–water partition coefficient (Wildman–Crippen LogP) is 5.50. The maximum Gasteiger partial charge on any atom is 0.231 e. The van der Waals surface area contributed by atoms with Crippen LogP contribution >= 0.6 is 46.4 Å². The van der Waals surface area contributed by atoms with E-state index in [9.17, 15) is 4.39 Å². The van der Waals surface area contributed by atoms with Gasteiger partial charge in [0.2, 0.25) is 5.95 Å². The van der Waals surface area contributed by atoms with Crippen molar-refractivity contribution in [3.8, 4) is 11.1 Å². The summed E-state index contributed by atoms with van der Waals surface area (Å²) in [6.45, 7) is 0. The monoisotopic (exact) mass is 309 g/mol. The average molecular weight is 311 g/mol. The highest BCUT2D eigenvalue weighted by molar-refractivity contribution is 6.46. The molecular weight excluding hydrogens is 307 g/mol. The quantitative estimate of drug-likeness (QED) is 0.500. The van der Waals surface area contributed by atoms with Gasteiger partial charge in [-0.25, -0.2) is 4.98 Å². The van der Waals surface area contributed by atoms with E-state index in [1.807, 2.05) is 0 Å². The van der Waals surface area contributed by atoms with Crippen LogP contribution in [0.25, 0.3) is 11.1 Å². The minimum atomic E-state index is -0.746. The van der Waals surface area contributed by atoms with Gasteiger partial charge in [-0.1, -0.05) is 46.4 Å². The SMILES string of the molecule is Fc1ncc(-c2c(Cl)ccc(Cl)c2Cl)cc1Cl. The van der Waals surface area contributed by atoms with Crippen LogP contribution in [0.2, 0.25) is 20.1 Å². The van der Waals surface area contributed by atoms with Crippen LogP contribution in [0.1, 0.15) is 0 Å². The van der Waals surface area contributed by atoms with E-state index in [-0.39, 0.29) is 10.0 Å². The molecule has 1 aromatic heterocycles. The zero-order valence-corrected chi connectivity index (χ0v) is 11.2. The Labute approximate surface area is 117 Å². The molecule has 0 spiro atoms. The molecule has 0 amide bonds. The molecule has 0 saturated carbocycles. The van der Waals surface area contributed by atoms with E-state index in [1.165, 1.54) is 12.3 Å². The molecule has 1 heterocycles. The van der Waals surface area contributed by atoms with Crippen molar-refractivity contribution in [1.29, 1.82) is 0 Å². The zero-order chi connectivity index (χ0) is 12.6. The Morgan fingerprint density at radius 1 is 0.941 bits per heavy atom. The van der Waals surface area contributed by atoms with Crippen molar-refractivity contribution in [3.05, 3.63) is 50.4 Å². The third-order valence-electron chi connectivity index (χ3n) is 2.13. The van der Waals surface area contributed by atoms with Crippen LogP contribution in [0.5, 0.6) is 0 Å². The first-order valence-corrected chi connectivity index (χ1v) is 5.97. The maximum absolute atomic E-state index is 13.0. The number of hydrogen-bond donors (Lipinski definition) is 0. The summed E-state index contributed by atoms with van der Waals surface area (Å²) in [6, 6.07) is 4.57. The van der Waals surface area contributed by atoms with Gasteiger partial charge in [-0.3, -0.25) is 0 Å². The fourth-order valence-corrected chi connectivity index (χ4v) is 2.26. The lowest BCUT2D eigenvalue weighted by Gasteiger charge is -2.08.